The van der Waals surface area contributed by atoms with Gasteiger partial charge in [-0.05, 0) is 25.1 Å². The number of carbonyl (C=O) groups is 1. The topological polar surface area (TPSA) is 48.4 Å². The quantitative estimate of drug-likeness (QED) is 0.632. The predicted molar refractivity (Wildman–Crippen MR) is 69.3 cm³/mol. The van der Waals surface area contributed by atoms with Crippen molar-refractivity contribution < 1.29 is 14.3 Å². The molecule has 4 nitrogen and oxygen atoms in total. The summed E-state index contributed by atoms with van der Waals surface area (Å²) in [7, 11) is 1.58. The fraction of sp³-hybridized carbons (Fsp3) is 0.231. The fourth-order valence-corrected chi connectivity index (χ4v) is 1.93. The Kier molecular flexibility index (Phi) is 3.67. The zero-order chi connectivity index (χ0) is 13.1. The van der Waals surface area contributed by atoms with E-state index in [9.17, 15) is 4.79 Å². The third-order valence-electron chi connectivity index (χ3n) is 2.53. The maximum absolute atomic E-state index is 11.9. The molecule has 0 saturated carbocycles. The van der Waals surface area contributed by atoms with Crippen LogP contribution in [0.4, 0.5) is 0 Å². The fourth-order valence-electron chi connectivity index (χ4n) is 1.70. The summed E-state index contributed by atoms with van der Waals surface area (Å²) in [5.41, 5.74) is 0.290. The van der Waals surface area contributed by atoms with Crippen LogP contribution >= 0.6 is 11.6 Å². The van der Waals surface area contributed by atoms with Gasteiger partial charge in [0.15, 0.2) is 0 Å². The van der Waals surface area contributed by atoms with Crippen molar-refractivity contribution in [3.8, 4) is 5.75 Å². The van der Waals surface area contributed by atoms with Crippen molar-refractivity contribution >= 4 is 28.3 Å². The smallest absolute Gasteiger partial charge is 0.341 e. The van der Waals surface area contributed by atoms with Crippen molar-refractivity contribution in [2.45, 2.75) is 6.92 Å². The van der Waals surface area contributed by atoms with Gasteiger partial charge in [-0.1, -0.05) is 11.6 Å². The molecule has 0 radical (unpaired) electrons. The average molecular weight is 266 g/mol. The van der Waals surface area contributed by atoms with Gasteiger partial charge in [-0.25, -0.2) is 9.78 Å². The van der Waals surface area contributed by atoms with Crippen molar-refractivity contribution in [3.63, 3.8) is 0 Å². The van der Waals surface area contributed by atoms with Crippen LogP contribution in [0.2, 0.25) is 5.15 Å². The number of aromatic nitrogens is 1. The molecule has 0 N–H and O–H groups in total. The van der Waals surface area contributed by atoms with Gasteiger partial charge in [-0.3, -0.25) is 0 Å². The Hall–Kier alpha value is -1.81. The van der Waals surface area contributed by atoms with E-state index >= 15 is 0 Å². The maximum atomic E-state index is 11.9. The van der Waals surface area contributed by atoms with Crippen molar-refractivity contribution in [3.05, 3.63) is 35.1 Å². The first-order chi connectivity index (χ1) is 8.67. The molecule has 2 aromatic rings. The molecule has 0 saturated heterocycles. The zero-order valence-electron chi connectivity index (χ0n) is 10.1. The minimum absolute atomic E-state index is 0.145. The van der Waals surface area contributed by atoms with Crippen molar-refractivity contribution in [1.29, 1.82) is 0 Å². The average Bonchev–Trinajstić information content (AvgIpc) is 2.38. The number of benzene rings is 1. The summed E-state index contributed by atoms with van der Waals surface area (Å²) in [5.74, 6) is 0.229. The molecule has 0 aliphatic rings. The second kappa shape index (κ2) is 5.23. The van der Waals surface area contributed by atoms with Crippen molar-refractivity contribution in [2.24, 2.45) is 0 Å². The lowest BCUT2D eigenvalue weighted by atomic mass is 10.1. The number of ether oxygens (including phenoxy) is 2. The molecule has 5 heteroatoms. The summed E-state index contributed by atoms with van der Waals surface area (Å²) < 4.78 is 10.1. The Morgan fingerprint density at radius 2 is 2.22 bits per heavy atom. The minimum Gasteiger partial charge on any atom is -0.497 e. The van der Waals surface area contributed by atoms with E-state index in [2.05, 4.69) is 4.98 Å². The van der Waals surface area contributed by atoms with Crippen LogP contribution in [-0.2, 0) is 4.74 Å². The molecule has 0 amide bonds. The van der Waals surface area contributed by atoms with Crippen LogP contribution in [0.5, 0.6) is 5.75 Å². The Balaban J connectivity index is 2.63. The summed E-state index contributed by atoms with van der Waals surface area (Å²) in [6.45, 7) is 2.04. The predicted octanol–water partition coefficient (Wildman–Crippen LogP) is 3.07. The molecular weight excluding hydrogens is 254 g/mol. The molecule has 0 fully saturated rings. The van der Waals surface area contributed by atoms with E-state index in [4.69, 9.17) is 21.1 Å². The third kappa shape index (κ3) is 2.24. The first-order valence-corrected chi connectivity index (χ1v) is 5.84. The van der Waals surface area contributed by atoms with Gasteiger partial charge in [0.2, 0.25) is 0 Å². The molecule has 0 aliphatic carbocycles. The van der Waals surface area contributed by atoms with Crippen LogP contribution < -0.4 is 4.74 Å². The first kappa shape index (κ1) is 12.6. The SMILES string of the molecule is CCOC(=O)c1c(Cl)ncc2cc(OC)ccc12. The Bertz CT molecular complexity index is 598. The number of hydrogen-bond donors (Lipinski definition) is 0. The summed E-state index contributed by atoms with van der Waals surface area (Å²) in [6, 6.07) is 5.33. The summed E-state index contributed by atoms with van der Waals surface area (Å²) in [5, 5.41) is 1.63. The van der Waals surface area contributed by atoms with E-state index in [0.29, 0.717) is 23.3 Å². The highest BCUT2D eigenvalue weighted by Gasteiger charge is 2.17. The molecule has 2 rings (SSSR count). The Morgan fingerprint density at radius 3 is 2.89 bits per heavy atom. The van der Waals surface area contributed by atoms with E-state index < -0.39 is 5.97 Å². The summed E-state index contributed by atoms with van der Waals surface area (Å²) >= 11 is 5.96. The molecule has 0 atom stereocenters. The minimum atomic E-state index is -0.467. The number of carbonyl (C=O) groups excluding carboxylic acids is 1. The molecule has 1 aromatic carbocycles. The lowest BCUT2D eigenvalue weighted by molar-refractivity contribution is 0.0528. The van der Waals surface area contributed by atoms with Crippen LogP contribution in [0.1, 0.15) is 17.3 Å². The largest absolute Gasteiger partial charge is 0.497 e. The van der Waals surface area contributed by atoms with Crippen LogP contribution in [0, 0.1) is 0 Å². The van der Waals surface area contributed by atoms with Crippen LogP contribution in [0.15, 0.2) is 24.4 Å². The highest BCUT2D eigenvalue weighted by atomic mass is 35.5. The number of fused-ring (bicyclic) bond motifs is 1. The van der Waals surface area contributed by atoms with Gasteiger partial charge in [0.05, 0.1) is 13.7 Å². The number of esters is 1. The number of halogens is 1. The maximum Gasteiger partial charge on any atom is 0.341 e. The standard InChI is InChI=1S/C13H12ClNO3/c1-3-18-13(16)11-10-5-4-9(17-2)6-8(10)7-15-12(11)14/h4-7H,3H2,1-2H3. The molecule has 0 bridgehead atoms. The molecule has 1 aromatic heterocycles. The normalized spacial score (nSPS) is 10.4. The molecule has 0 unspecified atom stereocenters. The van der Waals surface area contributed by atoms with E-state index in [1.54, 1.807) is 38.4 Å². The molecular formula is C13H12ClNO3. The number of rotatable bonds is 3. The highest BCUT2D eigenvalue weighted by molar-refractivity contribution is 6.34. The van der Waals surface area contributed by atoms with Gasteiger partial charge >= 0.3 is 5.97 Å². The van der Waals surface area contributed by atoms with E-state index in [1.807, 2.05) is 0 Å². The summed E-state index contributed by atoms with van der Waals surface area (Å²) in [4.78, 5) is 15.9. The van der Waals surface area contributed by atoms with Gasteiger partial charge in [0.25, 0.3) is 0 Å². The monoisotopic (exact) mass is 265 g/mol. The number of pyridine rings is 1. The van der Waals surface area contributed by atoms with Gasteiger partial charge < -0.3 is 9.47 Å². The second-order valence-electron chi connectivity index (χ2n) is 3.60. The zero-order valence-corrected chi connectivity index (χ0v) is 10.8. The first-order valence-electron chi connectivity index (χ1n) is 5.46. The van der Waals surface area contributed by atoms with Gasteiger partial charge in [0, 0.05) is 17.0 Å². The van der Waals surface area contributed by atoms with Gasteiger partial charge in [-0.15, -0.1) is 0 Å². The molecule has 0 spiro atoms. The van der Waals surface area contributed by atoms with E-state index in [1.165, 1.54) is 0 Å². The van der Waals surface area contributed by atoms with Gasteiger partial charge in [0.1, 0.15) is 16.5 Å². The molecule has 0 aliphatic heterocycles. The number of hydrogen-bond acceptors (Lipinski definition) is 4. The van der Waals surface area contributed by atoms with E-state index in [0.717, 1.165) is 5.39 Å². The number of methoxy groups -OCH3 is 1. The summed E-state index contributed by atoms with van der Waals surface area (Å²) in [6.07, 6.45) is 1.60. The number of nitrogens with zero attached hydrogens (tertiary/aromatic N) is 1. The Morgan fingerprint density at radius 1 is 1.44 bits per heavy atom. The third-order valence-corrected chi connectivity index (χ3v) is 2.82. The van der Waals surface area contributed by atoms with Crippen LogP contribution in [-0.4, -0.2) is 24.7 Å². The lowest BCUT2D eigenvalue weighted by Crippen LogP contribution is -2.07. The van der Waals surface area contributed by atoms with Crippen LogP contribution in [0.25, 0.3) is 10.8 Å². The van der Waals surface area contributed by atoms with E-state index in [-0.39, 0.29) is 5.15 Å². The van der Waals surface area contributed by atoms with Crippen molar-refractivity contribution in [2.75, 3.05) is 13.7 Å². The van der Waals surface area contributed by atoms with Gasteiger partial charge in [-0.2, -0.15) is 0 Å². The molecule has 94 valence electrons. The Labute approximate surface area is 109 Å². The highest BCUT2D eigenvalue weighted by Crippen LogP contribution is 2.27. The lowest BCUT2D eigenvalue weighted by Gasteiger charge is -2.08. The molecule has 1 heterocycles. The van der Waals surface area contributed by atoms with Crippen molar-refractivity contribution in [1.82, 2.24) is 4.98 Å². The molecule has 18 heavy (non-hydrogen) atoms. The second-order valence-corrected chi connectivity index (χ2v) is 3.96. The van der Waals surface area contributed by atoms with Crippen LogP contribution in [0.3, 0.4) is 0 Å².